The van der Waals surface area contributed by atoms with Crippen LogP contribution in [0.5, 0.6) is 0 Å². The number of aromatic carboxylic acids is 1. The number of carboxylic acids is 1. The standard InChI is InChI=1S/C14H14N2O4/c17-14(18)11-6-2-1-5-10(11)13-15-12(16-20-13)8-9-4-3-7-19-9/h1-2,5-6,9H,3-4,7-8H2,(H,17,18). The molecule has 1 aromatic heterocycles. The number of carboxylic acid groups (broad SMARTS) is 1. The molecule has 0 radical (unpaired) electrons. The van der Waals surface area contributed by atoms with E-state index in [1.807, 2.05) is 0 Å². The fraction of sp³-hybridized carbons (Fsp3) is 0.357. The van der Waals surface area contributed by atoms with Crippen LogP contribution in [0.2, 0.25) is 0 Å². The highest BCUT2D eigenvalue weighted by atomic mass is 16.5. The van der Waals surface area contributed by atoms with Gasteiger partial charge in [0.05, 0.1) is 17.2 Å². The molecular weight excluding hydrogens is 260 g/mol. The highest BCUT2D eigenvalue weighted by Gasteiger charge is 2.21. The van der Waals surface area contributed by atoms with E-state index in [2.05, 4.69) is 10.1 Å². The Morgan fingerprint density at radius 3 is 3.00 bits per heavy atom. The van der Waals surface area contributed by atoms with Gasteiger partial charge in [0.2, 0.25) is 0 Å². The number of benzene rings is 1. The minimum Gasteiger partial charge on any atom is -0.478 e. The van der Waals surface area contributed by atoms with Crippen LogP contribution in [0.25, 0.3) is 11.5 Å². The molecule has 1 aromatic carbocycles. The Morgan fingerprint density at radius 2 is 2.25 bits per heavy atom. The van der Waals surface area contributed by atoms with E-state index in [0.717, 1.165) is 19.4 Å². The second-order valence-electron chi connectivity index (χ2n) is 4.71. The Morgan fingerprint density at radius 1 is 1.40 bits per heavy atom. The fourth-order valence-electron chi connectivity index (χ4n) is 2.31. The Balaban J connectivity index is 1.84. The van der Waals surface area contributed by atoms with E-state index in [-0.39, 0.29) is 17.6 Å². The van der Waals surface area contributed by atoms with E-state index in [9.17, 15) is 4.79 Å². The van der Waals surface area contributed by atoms with Gasteiger partial charge in [-0.3, -0.25) is 0 Å². The molecule has 1 saturated heterocycles. The zero-order valence-electron chi connectivity index (χ0n) is 10.8. The number of nitrogens with zero attached hydrogens (tertiary/aromatic N) is 2. The Labute approximate surface area is 115 Å². The van der Waals surface area contributed by atoms with Crippen LogP contribution in [0.4, 0.5) is 0 Å². The normalized spacial score (nSPS) is 18.3. The van der Waals surface area contributed by atoms with Crippen molar-refractivity contribution in [1.29, 1.82) is 0 Å². The monoisotopic (exact) mass is 274 g/mol. The van der Waals surface area contributed by atoms with Crippen molar-refractivity contribution in [3.8, 4) is 11.5 Å². The van der Waals surface area contributed by atoms with Crippen molar-refractivity contribution in [3.63, 3.8) is 0 Å². The first-order valence-electron chi connectivity index (χ1n) is 6.51. The van der Waals surface area contributed by atoms with Gasteiger partial charge in [0, 0.05) is 13.0 Å². The minimum atomic E-state index is -1.01. The van der Waals surface area contributed by atoms with Crippen LogP contribution in [0.1, 0.15) is 29.0 Å². The average Bonchev–Trinajstić information content (AvgIpc) is 3.11. The average molecular weight is 274 g/mol. The van der Waals surface area contributed by atoms with Gasteiger partial charge in [0.25, 0.3) is 5.89 Å². The Hall–Kier alpha value is -2.21. The highest BCUT2D eigenvalue weighted by molar-refractivity contribution is 5.94. The summed E-state index contributed by atoms with van der Waals surface area (Å²) >= 11 is 0. The molecular formula is C14H14N2O4. The summed E-state index contributed by atoms with van der Waals surface area (Å²) in [6.45, 7) is 0.775. The molecule has 0 amide bonds. The summed E-state index contributed by atoms with van der Waals surface area (Å²) in [5.41, 5.74) is 0.589. The van der Waals surface area contributed by atoms with Crippen LogP contribution >= 0.6 is 0 Å². The SMILES string of the molecule is O=C(O)c1ccccc1-c1nc(CC2CCCO2)no1. The lowest BCUT2D eigenvalue weighted by molar-refractivity contribution is 0.0697. The number of aromatic nitrogens is 2. The molecule has 1 aliphatic heterocycles. The quantitative estimate of drug-likeness (QED) is 0.919. The van der Waals surface area contributed by atoms with Crippen molar-refractivity contribution in [1.82, 2.24) is 10.1 Å². The first-order chi connectivity index (χ1) is 9.74. The second kappa shape index (κ2) is 5.42. The van der Waals surface area contributed by atoms with Gasteiger partial charge in [-0.2, -0.15) is 4.98 Å². The van der Waals surface area contributed by atoms with Crippen LogP contribution < -0.4 is 0 Å². The maximum absolute atomic E-state index is 11.2. The van der Waals surface area contributed by atoms with Gasteiger partial charge in [-0.15, -0.1) is 0 Å². The lowest BCUT2D eigenvalue weighted by Gasteiger charge is -2.04. The molecule has 0 bridgehead atoms. The van der Waals surface area contributed by atoms with Crippen LogP contribution in [-0.2, 0) is 11.2 Å². The van der Waals surface area contributed by atoms with E-state index in [1.165, 1.54) is 6.07 Å². The molecule has 0 spiro atoms. The molecule has 3 rings (SSSR count). The third kappa shape index (κ3) is 2.55. The van der Waals surface area contributed by atoms with E-state index < -0.39 is 5.97 Å². The van der Waals surface area contributed by atoms with Gasteiger partial charge in [-0.1, -0.05) is 17.3 Å². The molecule has 0 saturated carbocycles. The molecule has 6 heteroatoms. The van der Waals surface area contributed by atoms with Crippen molar-refractivity contribution in [2.24, 2.45) is 0 Å². The number of hydrogen-bond donors (Lipinski definition) is 1. The van der Waals surface area contributed by atoms with Crippen LogP contribution in [0.3, 0.4) is 0 Å². The van der Waals surface area contributed by atoms with Gasteiger partial charge in [0.1, 0.15) is 0 Å². The predicted octanol–water partition coefficient (Wildman–Crippen LogP) is 2.16. The number of carbonyl (C=O) groups is 1. The number of rotatable bonds is 4. The van der Waals surface area contributed by atoms with Gasteiger partial charge in [0.15, 0.2) is 5.82 Å². The molecule has 1 atom stereocenters. The summed E-state index contributed by atoms with van der Waals surface area (Å²) in [4.78, 5) is 15.4. The summed E-state index contributed by atoms with van der Waals surface area (Å²) in [6.07, 6.45) is 2.78. The van der Waals surface area contributed by atoms with E-state index in [1.54, 1.807) is 18.2 Å². The van der Waals surface area contributed by atoms with Crippen molar-refractivity contribution in [2.45, 2.75) is 25.4 Å². The van der Waals surface area contributed by atoms with Crippen molar-refractivity contribution in [2.75, 3.05) is 6.61 Å². The molecule has 2 heterocycles. The summed E-state index contributed by atoms with van der Waals surface area (Å²) < 4.78 is 10.7. The largest absolute Gasteiger partial charge is 0.478 e. The first kappa shape index (κ1) is 12.8. The molecule has 1 N–H and O–H groups in total. The molecule has 2 aromatic rings. The molecule has 6 nitrogen and oxygen atoms in total. The van der Waals surface area contributed by atoms with Crippen LogP contribution in [0, 0.1) is 0 Å². The van der Waals surface area contributed by atoms with Crippen molar-refractivity contribution < 1.29 is 19.2 Å². The van der Waals surface area contributed by atoms with E-state index >= 15 is 0 Å². The molecule has 0 aliphatic carbocycles. The third-order valence-corrected chi connectivity index (χ3v) is 3.29. The summed E-state index contributed by atoms with van der Waals surface area (Å²) in [5.74, 6) is -0.234. The van der Waals surface area contributed by atoms with Gasteiger partial charge in [-0.25, -0.2) is 4.79 Å². The maximum atomic E-state index is 11.2. The Bertz CT molecular complexity index is 617. The van der Waals surface area contributed by atoms with Gasteiger partial charge < -0.3 is 14.4 Å². The highest BCUT2D eigenvalue weighted by Crippen LogP contribution is 2.23. The molecule has 1 fully saturated rings. The minimum absolute atomic E-state index is 0.134. The van der Waals surface area contributed by atoms with Crippen molar-refractivity contribution >= 4 is 5.97 Å². The van der Waals surface area contributed by atoms with E-state index in [4.69, 9.17) is 14.4 Å². The van der Waals surface area contributed by atoms with Crippen molar-refractivity contribution in [3.05, 3.63) is 35.7 Å². The van der Waals surface area contributed by atoms with Gasteiger partial charge >= 0.3 is 5.97 Å². The van der Waals surface area contributed by atoms with Crippen LogP contribution in [-0.4, -0.2) is 33.9 Å². The zero-order chi connectivity index (χ0) is 13.9. The Kier molecular flexibility index (Phi) is 3.47. The molecule has 1 unspecified atom stereocenters. The number of ether oxygens (including phenoxy) is 1. The lowest BCUT2D eigenvalue weighted by Crippen LogP contribution is -2.09. The first-order valence-corrected chi connectivity index (χ1v) is 6.51. The summed E-state index contributed by atoms with van der Waals surface area (Å²) in [5, 5.41) is 13.1. The summed E-state index contributed by atoms with van der Waals surface area (Å²) in [6, 6.07) is 6.58. The zero-order valence-corrected chi connectivity index (χ0v) is 10.8. The topological polar surface area (TPSA) is 85.5 Å². The lowest BCUT2D eigenvalue weighted by atomic mass is 10.1. The fourth-order valence-corrected chi connectivity index (χ4v) is 2.31. The van der Waals surface area contributed by atoms with E-state index in [0.29, 0.717) is 17.8 Å². The molecule has 20 heavy (non-hydrogen) atoms. The number of hydrogen-bond acceptors (Lipinski definition) is 5. The summed E-state index contributed by atoms with van der Waals surface area (Å²) in [7, 11) is 0. The third-order valence-electron chi connectivity index (χ3n) is 3.29. The smallest absolute Gasteiger partial charge is 0.336 e. The molecule has 1 aliphatic rings. The maximum Gasteiger partial charge on any atom is 0.336 e. The second-order valence-corrected chi connectivity index (χ2v) is 4.71. The van der Waals surface area contributed by atoms with Crippen LogP contribution in [0.15, 0.2) is 28.8 Å². The van der Waals surface area contributed by atoms with Gasteiger partial charge in [-0.05, 0) is 25.0 Å². The predicted molar refractivity (Wildman–Crippen MR) is 69.4 cm³/mol. The molecule has 104 valence electrons.